The van der Waals surface area contributed by atoms with Crippen molar-refractivity contribution < 1.29 is 5.11 Å². The molecule has 0 fully saturated rings. The Balaban J connectivity index is 2.16. The number of benzene rings is 2. The van der Waals surface area contributed by atoms with E-state index in [0.717, 1.165) is 21.2 Å². The zero-order chi connectivity index (χ0) is 13.1. The van der Waals surface area contributed by atoms with Crippen LogP contribution >= 0.6 is 38.5 Å². The first-order valence-electron chi connectivity index (χ1n) is 5.75. The summed E-state index contributed by atoms with van der Waals surface area (Å²) in [6.45, 7) is 2.03. The fraction of sp³-hybridized carbons (Fsp3) is 0.200. The standard InChI is InChI=1S/C15H14BrIO/c1-10-8-12(16)4-7-14(10)15(18)9-11-2-5-13(17)6-3-11/h2-8,15,18H,9H2,1H3. The van der Waals surface area contributed by atoms with Gasteiger partial charge in [0.1, 0.15) is 0 Å². The van der Waals surface area contributed by atoms with E-state index >= 15 is 0 Å². The molecule has 2 rings (SSSR count). The molecule has 0 aliphatic rings. The van der Waals surface area contributed by atoms with E-state index in [2.05, 4.69) is 62.8 Å². The van der Waals surface area contributed by atoms with Crippen LogP contribution in [0.2, 0.25) is 0 Å². The van der Waals surface area contributed by atoms with Crippen LogP contribution in [-0.2, 0) is 6.42 Å². The summed E-state index contributed by atoms with van der Waals surface area (Å²) in [7, 11) is 0. The highest BCUT2D eigenvalue weighted by Gasteiger charge is 2.11. The highest BCUT2D eigenvalue weighted by atomic mass is 127. The molecule has 0 heterocycles. The van der Waals surface area contributed by atoms with Crippen molar-refractivity contribution in [1.29, 1.82) is 0 Å². The van der Waals surface area contributed by atoms with Gasteiger partial charge in [-0.1, -0.05) is 34.1 Å². The SMILES string of the molecule is Cc1cc(Br)ccc1C(O)Cc1ccc(I)cc1. The van der Waals surface area contributed by atoms with Gasteiger partial charge in [-0.3, -0.25) is 0 Å². The molecule has 1 unspecified atom stereocenters. The summed E-state index contributed by atoms with van der Waals surface area (Å²) in [4.78, 5) is 0. The molecule has 0 spiro atoms. The van der Waals surface area contributed by atoms with Gasteiger partial charge >= 0.3 is 0 Å². The first-order valence-corrected chi connectivity index (χ1v) is 7.62. The Labute approximate surface area is 130 Å². The second kappa shape index (κ2) is 6.17. The number of rotatable bonds is 3. The van der Waals surface area contributed by atoms with Gasteiger partial charge in [0, 0.05) is 14.5 Å². The number of hydrogen-bond donors (Lipinski definition) is 1. The lowest BCUT2D eigenvalue weighted by Gasteiger charge is -2.14. The topological polar surface area (TPSA) is 20.2 Å². The third kappa shape index (κ3) is 3.56. The Bertz CT molecular complexity index is 537. The van der Waals surface area contributed by atoms with Crippen LogP contribution < -0.4 is 0 Å². The highest BCUT2D eigenvalue weighted by Crippen LogP contribution is 2.24. The van der Waals surface area contributed by atoms with Crippen LogP contribution in [0.5, 0.6) is 0 Å². The summed E-state index contributed by atoms with van der Waals surface area (Å²) in [5.74, 6) is 0. The molecule has 0 amide bonds. The molecule has 1 N–H and O–H groups in total. The maximum absolute atomic E-state index is 10.3. The van der Waals surface area contributed by atoms with Crippen molar-refractivity contribution in [3.05, 3.63) is 67.2 Å². The predicted octanol–water partition coefficient (Wildman–Crippen LogP) is 4.64. The van der Waals surface area contributed by atoms with Crippen LogP contribution in [0, 0.1) is 10.5 Å². The van der Waals surface area contributed by atoms with Gasteiger partial charge in [-0.15, -0.1) is 0 Å². The fourth-order valence-corrected chi connectivity index (χ4v) is 2.80. The Hall–Kier alpha value is -0.390. The molecule has 0 aromatic heterocycles. The van der Waals surface area contributed by atoms with E-state index in [4.69, 9.17) is 0 Å². The van der Waals surface area contributed by atoms with Crippen LogP contribution in [0.15, 0.2) is 46.9 Å². The maximum Gasteiger partial charge on any atom is 0.0832 e. The molecule has 94 valence electrons. The lowest BCUT2D eigenvalue weighted by Crippen LogP contribution is -2.03. The van der Waals surface area contributed by atoms with E-state index in [1.165, 1.54) is 3.57 Å². The molecule has 18 heavy (non-hydrogen) atoms. The number of aryl methyl sites for hydroxylation is 1. The second-order valence-electron chi connectivity index (χ2n) is 4.35. The van der Waals surface area contributed by atoms with Crippen molar-refractivity contribution in [3.8, 4) is 0 Å². The van der Waals surface area contributed by atoms with Crippen molar-refractivity contribution in [3.63, 3.8) is 0 Å². The van der Waals surface area contributed by atoms with Gasteiger partial charge in [0.25, 0.3) is 0 Å². The molecule has 1 atom stereocenters. The van der Waals surface area contributed by atoms with Gasteiger partial charge in [-0.25, -0.2) is 0 Å². The fourth-order valence-electron chi connectivity index (χ4n) is 1.97. The van der Waals surface area contributed by atoms with E-state index in [1.807, 2.05) is 25.1 Å². The Kier molecular flexibility index (Phi) is 4.81. The molecule has 2 aromatic carbocycles. The van der Waals surface area contributed by atoms with Gasteiger partial charge in [-0.05, 0) is 70.5 Å². The summed E-state index contributed by atoms with van der Waals surface area (Å²) in [6, 6.07) is 14.3. The first kappa shape index (κ1) is 14.0. The second-order valence-corrected chi connectivity index (χ2v) is 6.51. The Morgan fingerprint density at radius 3 is 2.44 bits per heavy atom. The molecule has 0 saturated carbocycles. The minimum atomic E-state index is -0.446. The van der Waals surface area contributed by atoms with Crippen LogP contribution in [0.4, 0.5) is 0 Å². The smallest absolute Gasteiger partial charge is 0.0832 e. The molecule has 1 nitrogen and oxygen atoms in total. The third-order valence-electron chi connectivity index (χ3n) is 2.93. The summed E-state index contributed by atoms with van der Waals surface area (Å²) in [5.41, 5.74) is 3.27. The summed E-state index contributed by atoms with van der Waals surface area (Å²) in [6.07, 6.45) is 0.206. The van der Waals surface area contributed by atoms with Crippen molar-refractivity contribution >= 4 is 38.5 Å². The van der Waals surface area contributed by atoms with Gasteiger partial charge in [0.2, 0.25) is 0 Å². The largest absolute Gasteiger partial charge is 0.388 e. The molecular weight excluding hydrogens is 403 g/mol. The van der Waals surface area contributed by atoms with E-state index in [0.29, 0.717) is 6.42 Å². The van der Waals surface area contributed by atoms with Gasteiger partial charge < -0.3 is 5.11 Å². The molecule has 0 bridgehead atoms. The average Bonchev–Trinajstić information content (AvgIpc) is 2.32. The minimum Gasteiger partial charge on any atom is -0.388 e. The van der Waals surface area contributed by atoms with E-state index in [9.17, 15) is 5.11 Å². The third-order valence-corrected chi connectivity index (χ3v) is 4.15. The van der Waals surface area contributed by atoms with Crippen molar-refractivity contribution in [2.75, 3.05) is 0 Å². The number of hydrogen-bond acceptors (Lipinski definition) is 1. The van der Waals surface area contributed by atoms with Gasteiger partial charge in [0.15, 0.2) is 0 Å². The molecule has 0 aliphatic carbocycles. The first-order chi connectivity index (χ1) is 8.56. The van der Waals surface area contributed by atoms with Gasteiger partial charge in [0.05, 0.1) is 6.10 Å². The summed E-state index contributed by atoms with van der Waals surface area (Å²) >= 11 is 5.72. The van der Waals surface area contributed by atoms with Crippen LogP contribution in [0.3, 0.4) is 0 Å². The normalized spacial score (nSPS) is 12.4. The maximum atomic E-state index is 10.3. The van der Waals surface area contributed by atoms with Crippen LogP contribution in [0.25, 0.3) is 0 Å². The van der Waals surface area contributed by atoms with E-state index < -0.39 is 6.10 Å². The molecule has 2 aromatic rings. The van der Waals surface area contributed by atoms with Crippen molar-refractivity contribution in [1.82, 2.24) is 0 Å². The van der Waals surface area contributed by atoms with E-state index in [1.54, 1.807) is 0 Å². The number of aliphatic hydroxyl groups is 1. The lowest BCUT2D eigenvalue weighted by molar-refractivity contribution is 0.177. The van der Waals surface area contributed by atoms with Gasteiger partial charge in [-0.2, -0.15) is 0 Å². The predicted molar refractivity (Wildman–Crippen MR) is 86.7 cm³/mol. The van der Waals surface area contributed by atoms with Crippen LogP contribution in [-0.4, -0.2) is 5.11 Å². The highest BCUT2D eigenvalue weighted by molar-refractivity contribution is 14.1. The molecule has 0 aliphatic heterocycles. The quantitative estimate of drug-likeness (QED) is 0.722. The monoisotopic (exact) mass is 416 g/mol. The Morgan fingerprint density at radius 2 is 1.83 bits per heavy atom. The number of aliphatic hydroxyl groups excluding tert-OH is 1. The van der Waals surface area contributed by atoms with Crippen molar-refractivity contribution in [2.45, 2.75) is 19.4 Å². The number of halogens is 2. The molecular formula is C15H14BrIO. The minimum absolute atomic E-state index is 0.446. The van der Waals surface area contributed by atoms with Crippen LogP contribution in [0.1, 0.15) is 22.8 Å². The zero-order valence-corrected chi connectivity index (χ0v) is 13.8. The summed E-state index contributed by atoms with van der Waals surface area (Å²) < 4.78 is 2.26. The lowest BCUT2D eigenvalue weighted by atomic mass is 9.98. The van der Waals surface area contributed by atoms with Crippen molar-refractivity contribution in [2.24, 2.45) is 0 Å². The Morgan fingerprint density at radius 1 is 1.17 bits per heavy atom. The molecule has 0 radical (unpaired) electrons. The molecule has 0 saturated heterocycles. The van der Waals surface area contributed by atoms with E-state index in [-0.39, 0.29) is 0 Å². The zero-order valence-electron chi connectivity index (χ0n) is 10.0. The average molecular weight is 417 g/mol. The molecule has 3 heteroatoms. The summed E-state index contributed by atoms with van der Waals surface area (Å²) in [5, 5.41) is 10.3.